The Morgan fingerprint density at radius 3 is 2.90 bits per heavy atom. The second-order valence-electron chi connectivity index (χ2n) is 5.39. The van der Waals surface area contributed by atoms with Crippen LogP contribution < -0.4 is 5.32 Å². The molecule has 1 fully saturated rings. The topological polar surface area (TPSA) is 56.1 Å². The summed E-state index contributed by atoms with van der Waals surface area (Å²) in [5.74, 6) is 0.226. The van der Waals surface area contributed by atoms with Crippen LogP contribution in [0.15, 0.2) is 6.07 Å². The highest BCUT2D eigenvalue weighted by Gasteiger charge is 2.14. The monoisotopic (exact) mass is 279 g/mol. The lowest BCUT2D eigenvalue weighted by molar-refractivity contribution is -0.120. The van der Waals surface area contributed by atoms with E-state index in [9.17, 15) is 4.79 Å². The Labute approximate surface area is 120 Å². The number of rotatable bonds is 7. The van der Waals surface area contributed by atoms with Crippen LogP contribution in [0, 0.1) is 0 Å². The SMILES string of the molecule is CCc1cc(CC(=O)CCOC2CCNCC2)n(C)n1. The van der Waals surface area contributed by atoms with Crippen molar-refractivity contribution in [1.29, 1.82) is 0 Å². The van der Waals surface area contributed by atoms with E-state index in [2.05, 4.69) is 17.3 Å². The summed E-state index contributed by atoms with van der Waals surface area (Å²) in [5, 5.41) is 7.67. The van der Waals surface area contributed by atoms with E-state index in [4.69, 9.17) is 4.74 Å². The lowest BCUT2D eigenvalue weighted by atomic mass is 10.1. The Hall–Kier alpha value is -1.20. The van der Waals surface area contributed by atoms with Crippen molar-refractivity contribution in [1.82, 2.24) is 15.1 Å². The zero-order valence-electron chi connectivity index (χ0n) is 12.5. The van der Waals surface area contributed by atoms with Gasteiger partial charge >= 0.3 is 0 Å². The van der Waals surface area contributed by atoms with Crippen molar-refractivity contribution in [2.45, 2.75) is 45.1 Å². The standard InChI is InChI=1S/C15H25N3O2/c1-3-12-10-13(18(2)17-12)11-14(19)6-9-20-15-4-7-16-8-5-15/h10,15-16H,3-9,11H2,1-2H3. The van der Waals surface area contributed by atoms with Gasteiger partial charge in [0.15, 0.2) is 0 Å². The summed E-state index contributed by atoms with van der Waals surface area (Å²) in [6, 6.07) is 2.02. The van der Waals surface area contributed by atoms with Gasteiger partial charge in [-0.1, -0.05) is 6.92 Å². The zero-order chi connectivity index (χ0) is 14.4. The average Bonchev–Trinajstić information content (AvgIpc) is 2.80. The molecular weight excluding hydrogens is 254 g/mol. The number of carbonyl (C=O) groups excluding carboxylic acids is 1. The molecular formula is C15H25N3O2. The highest BCUT2D eigenvalue weighted by molar-refractivity contribution is 5.80. The molecule has 0 bridgehead atoms. The largest absolute Gasteiger partial charge is 0.378 e. The number of ketones is 1. The fourth-order valence-corrected chi connectivity index (χ4v) is 2.50. The number of hydrogen-bond acceptors (Lipinski definition) is 4. The molecule has 1 aliphatic rings. The van der Waals surface area contributed by atoms with Gasteiger partial charge in [0, 0.05) is 25.6 Å². The predicted octanol–water partition coefficient (Wildman–Crippen LogP) is 1.25. The quantitative estimate of drug-likeness (QED) is 0.816. The van der Waals surface area contributed by atoms with Gasteiger partial charge in [-0.05, 0) is 38.4 Å². The molecule has 0 spiro atoms. The molecule has 2 heterocycles. The third kappa shape index (κ3) is 4.42. The van der Waals surface area contributed by atoms with E-state index < -0.39 is 0 Å². The third-order valence-corrected chi connectivity index (χ3v) is 3.79. The number of nitrogens with one attached hydrogen (secondary N) is 1. The number of aromatic nitrogens is 2. The Balaban J connectivity index is 1.70. The zero-order valence-corrected chi connectivity index (χ0v) is 12.5. The number of aryl methyl sites for hydroxylation is 2. The molecule has 1 aromatic rings. The van der Waals surface area contributed by atoms with E-state index in [-0.39, 0.29) is 5.78 Å². The molecule has 0 amide bonds. The summed E-state index contributed by atoms with van der Waals surface area (Å²) < 4.78 is 7.57. The molecule has 0 radical (unpaired) electrons. The van der Waals surface area contributed by atoms with E-state index in [1.807, 2.05) is 17.8 Å². The molecule has 0 aliphatic carbocycles. The Morgan fingerprint density at radius 2 is 2.25 bits per heavy atom. The van der Waals surface area contributed by atoms with Crippen molar-refractivity contribution in [3.05, 3.63) is 17.5 Å². The molecule has 0 unspecified atom stereocenters. The minimum atomic E-state index is 0.226. The van der Waals surface area contributed by atoms with E-state index in [1.165, 1.54) is 0 Å². The summed E-state index contributed by atoms with van der Waals surface area (Å²) >= 11 is 0. The number of nitrogens with zero attached hydrogens (tertiary/aromatic N) is 2. The van der Waals surface area contributed by atoms with Crippen molar-refractivity contribution >= 4 is 5.78 Å². The van der Waals surface area contributed by atoms with Crippen LogP contribution in [0.4, 0.5) is 0 Å². The maximum absolute atomic E-state index is 12.0. The summed E-state index contributed by atoms with van der Waals surface area (Å²) in [4.78, 5) is 12.0. The predicted molar refractivity (Wildman–Crippen MR) is 77.8 cm³/mol. The molecule has 5 heteroatoms. The van der Waals surface area contributed by atoms with E-state index in [0.29, 0.717) is 25.6 Å². The summed E-state index contributed by atoms with van der Waals surface area (Å²) in [6.45, 7) is 4.66. The molecule has 1 aliphatic heterocycles. The molecule has 0 aromatic carbocycles. The van der Waals surface area contributed by atoms with Crippen LogP contribution >= 0.6 is 0 Å². The van der Waals surface area contributed by atoms with Crippen molar-refractivity contribution in [2.24, 2.45) is 7.05 Å². The summed E-state index contributed by atoms with van der Waals surface area (Å²) in [6.07, 6.45) is 4.29. The van der Waals surface area contributed by atoms with Crippen molar-refractivity contribution < 1.29 is 9.53 Å². The van der Waals surface area contributed by atoms with Crippen LogP contribution in [-0.4, -0.2) is 41.4 Å². The van der Waals surface area contributed by atoms with E-state index >= 15 is 0 Å². The number of Topliss-reactive ketones (excluding diaryl/α,β-unsaturated/α-hetero) is 1. The smallest absolute Gasteiger partial charge is 0.141 e. The van der Waals surface area contributed by atoms with Gasteiger partial charge in [-0.15, -0.1) is 0 Å². The molecule has 1 N–H and O–H groups in total. The number of ether oxygens (including phenoxy) is 1. The second-order valence-corrected chi connectivity index (χ2v) is 5.39. The van der Waals surface area contributed by atoms with Crippen LogP contribution in [0.5, 0.6) is 0 Å². The Kier molecular flexibility index (Phi) is 5.73. The first kappa shape index (κ1) is 15.2. The molecule has 20 heavy (non-hydrogen) atoms. The van der Waals surface area contributed by atoms with Crippen molar-refractivity contribution in [2.75, 3.05) is 19.7 Å². The van der Waals surface area contributed by atoms with Crippen LogP contribution in [-0.2, 0) is 29.4 Å². The normalized spacial score (nSPS) is 16.5. The van der Waals surface area contributed by atoms with Gasteiger partial charge in [0.2, 0.25) is 0 Å². The fraction of sp³-hybridized carbons (Fsp3) is 0.733. The van der Waals surface area contributed by atoms with Crippen LogP contribution in [0.2, 0.25) is 0 Å². The van der Waals surface area contributed by atoms with E-state index in [1.54, 1.807) is 0 Å². The first-order chi connectivity index (χ1) is 9.69. The lowest BCUT2D eigenvalue weighted by Crippen LogP contribution is -2.32. The first-order valence-corrected chi connectivity index (χ1v) is 7.55. The van der Waals surface area contributed by atoms with Gasteiger partial charge in [-0.25, -0.2) is 0 Å². The van der Waals surface area contributed by atoms with Gasteiger partial charge in [0.25, 0.3) is 0 Å². The van der Waals surface area contributed by atoms with E-state index in [0.717, 1.165) is 43.7 Å². The van der Waals surface area contributed by atoms with Gasteiger partial charge in [0.1, 0.15) is 5.78 Å². The second kappa shape index (κ2) is 7.55. The molecule has 5 nitrogen and oxygen atoms in total. The van der Waals surface area contributed by atoms with Gasteiger partial charge < -0.3 is 10.1 Å². The summed E-state index contributed by atoms with van der Waals surface area (Å²) in [5.41, 5.74) is 2.04. The highest BCUT2D eigenvalue weighted by Crippen LogP contribution is 2.09. The number of hydrogen-bond donors (Lipinski definition) is 1. The van der Waals surface area contributed by atoms with Crippen molar-refractivity contribution in [3.8, 4) is 0 Å². The van der Waals surface area contributed by atoms with Gasteiger partial charge in [-0.3, -0.25) is 9.48 Å². The minimum absolute atomic E-state index is 0.226. The van der Waals surface area contributed by atoms with Gasteiger partial charge in [0.05, 0.1) is 18.4 Å². The minimum Gasteiger partial charge on any atom is -0.378 e. The molecule has 112 valence electrons. The van der Waals surface area contributed by atoms with Crippen molar-refractivity contribution in [3.63, 3.8) is 0 Å². The Bertz CT molecular complexity index is 436. The third-order valence-electron chi connectivity index (χ3n) is 3.79. The number of carbonyl (C=O) groups is 1. The Morgan fingerprint density at radius 1 is 1.50 bits per heavy atom. The van der Waals surface area contributed by atoms with Crippen LogP contribution in [0.1, 0.15) is 37.6 Å². The maximum Gasteiger partial charge on any atom is 0.141 e. The van der Waals surface area contributed by atoms with Gasteiger partial charge in [-0.2, -0.15) is 5.10 Å². The molecule has 0 atom stereocenters. The van der Waals surface area contributed by atoms with Crippen LogP contribution in [0.25, 0.3) is 0 Å². The highest BCUT2D eigenvalue weighted by atomic mass is 16.5. The fourth-order valence-electron chi connectivity index (χ4n) is 2.50. The first-order valence-electron chi connectivity index (χ1n) is 7.55. The number of piperidine rings is 1. The molecule has 1 saturated heterocycles. The average molecular weight is 279 g/mol. The maximum atomic E-state index is 12.0. The molecule has 1 aromatic heterocycles. The molecule has 2 rings (SSSR count). The summed E-state index contributed by atoms with van der Waals surface area (Å²) in [7, 11) is 1.90. The molecule has 0 saturated carbocycles. The lowest BCUT2D eigenvalue weighted by Gasteiger charge is -2.22. The van der Waals surface area contributed by atoms with Crippen LogP contribution in [0.3, 0.4) is 0 Å².